The fraction of sp³-hybridized carbons (Fsp3) is 0.300. The van der Waals surface area contributed by atoms with Crippen LogP contribution in [0.3, 0.4) is 0 Å². The van der Waals surface area contributed by atoms with Crippen LogP contribution in [0.25, 0.3) is 11.0 Å². The number of hydrogen-bond acceptors (Lipinski definition) is 5. The summed E-state index contributed by atoms with van der Waals surface area (Å²) in [5, 5.41) is 7.94. The highest BCUT2D eigenvalue weighted by Gasteiger charge is 2.29. The van der Waals surface area contributed by atoms with Crippen LogP contribution in [0, 0.1) is 6.92 Å². The van der Waals surface area contributed by atoms with Gasteiger partial charge in [-0.15, -0.1) is 0 Å². The van der Waals surface area contributed by atoms with Gasteiger partial charge in [0.05, 0.1) is 23.8 Å². The lowest BCUT2D eigenvalue weighted by Gasteiger charge is -2.08. The highest BCUT2D eigenvalue weighted by atomic mass is 16.5. The first-order valence-electron chi connectivity index (χ1n) is 8.88. The molecule has 0 bridgehead atoms. The lowest BCUT2D eigenvalue weighted by atomic mass is 10.1. The molecule has 0 radical (unpaired) electrons. The number of anilines is 1. The van der Waals surface area contributed by atoms with E-state index in [1.807, 2.05) is 30.3 Å². The molecule has 1 aliphatic carbocycles. The van der Waals surface area contributed by atoms with E-state index in [-0.39, 0.29) is 12.5 Å². The predicted octanol–water partition coefficient (Wildman–Crippen LogP) is 3.04. The van der Waals surface area contributed by atoms with Crippen molar-refractivity contribution in [3.05, 3.63) is 53.3 Å². The molecule has 138 valence electrons. The van der Waals surface area contributed by atoms with Gasteiger partial charge < -0.3 is 10.1 Å². The van der Waals surface area contributed by atoms with Gasteiger partial charge >= 0.3 is 5.97 Å². The van der Waals surface area contributed by atoms with Crippen molar-refractivity contribution in [3.8, 4) is 0 Å². The largest absolute Gasteiger partial charge is 0.465 e. The van der Waals surface area contributed by atoms with Crippen molar-refractivity contribution >= 4 is 28.6 Å². The molecule has 1 aliphatic rings. The number of aromatic nitrogens is 3. The van der Waals surface area contributed by atoms with E-state index in [0.717, 1.165) is 24.2 Å². The molecule has 0 aliphatic heterocycles. The molecule has 2 aromatic heterocycles. The molecule has 7 nitrogen and oxygen atoms in total. The molecule has 1 saturated carbocycles. The number of aryl methyl sites for hydroxylation is 1. The summed E-state index contributed by atoms with van der Waals surface area (Å²) in [6.07, 6.45) is 2.11. The van der Waals surface area contributed by atoms with Gasteiger partial charge in [-0.05, 0) is 38.0 Å². The van der Waals surface area contributed by atoms with Crippen LogP contribution >= 0.6 is 0 Å². The molecular weight excluding hydrogens is 344 g/mol. The molecule has 0 saturated heterocycles. The van der Waals surface area contributed by atoms with Crippen molar-refractivity contribution < 1.29 is 14.3 Å². The zero-order valence-electron chi connectivity index (χ0n) is 15.2. The highest BCUT2D eigenvalue weighted by molar-refractivity contribution is 6.04. The van der Waals surface area contributed by atoms with Gasteiger partial charge in [0.25, 0.3) is 0 Å². The Balaban J connectivity index is 1.71. The maximum Gasteiger partial charge on any atom is 0.338 e. The smallest absolute Gasteiger partial charge is 0.338 e. The third-order valence-electron chi connectivity index (χ3n) is 4.65. The Morgan fingerprint density at radius 2 is 2.00 bits per heavy atom. The number of carbonyl (C=O) groups is 2. The second-order valence-electron chi connectivity index (χ2n) is 6.72. The Hall–Kier alpha value is -3.22. The van der Waals surface area contributed by atoms with Crippen molar-refractivity contribution in [3.63, 3.8) is 0 Å². The first-order chi connectivity index (χ1) is 13.1. The monoisotopic (exact) mass is 364 g/mol. The Labute approximate surface area is 156 Å². The highest BCUT2D eigenvalue weighted by Crippen LogP contribution is 2.40. The van der Waals surface area contributed by atoms with E-state index in [9.17, 15) is 9.59 Å². The van der Waals surface area contributed by atoms with E-state index in [0.29, 0.717) is 28.2 Å². The van der Waals surface area contributed by atoms with Gasteiger partial charge in [-0.3, -0.25) is 4.79 Å². The Kier molecular flexibility index (Phi) is 4.35. The minimum absolute atomic E-state index is 0.0148. The summed E-state index contributed by atoms with van der Waals surface area (Å²) >= 11 is 0. The average molecular weight is 364 g/mol. The molecule has 0 unspecified atom stereocenters. The van der Waals surface area contributed by atoms with Crippen LogP contribution in [-0.4, -0.2) is 33.8 Å². The third kappa shape index (κ3) is 3.40. The lowest BCUT2D eigenvalue weighted by Crippen LogP contribution is -2.20. The van der Waals surface area contributed by atoms with Crippen molar-refractivity contribution in [2.75, 3.05) is 12.4 Å². The molecule has 2 heterocycles. The summed E-state index contributed by atoms with van der Waals surface area (Å²) in [5.41, 5.74) is 3.22. The van der Waals surface area contributed by atoms with Gasteiger partial charge in [0.2, 0.25) is 5.91 Å². The molecule has 1 amide bonds. The number of nitrogens with zero attached hydrogens (tertiary/aromatic N) is 3. The number of hydrogen-bond donors (Lipinski definition) is 1. The number of amides is 1. The molecule has 3 aromatic rings. The van der Waals surface area contributed by atoms with Gasteiger partial charge in [0, 0.05) is 17.3 Å². The lowest BCUT2D eigenvalue weighted by molar-refractivity contribution is -0.116. The average Bonchev–Trinajstić information content (AvgIpc) is 3.47. The Morgan fingerprint density at radius 3 is 2.67 bits per heavy atom. The fourth-order valence-electron chi connectivity index (χ4n) is 3.20. The Morgan fingerprint density at radius 1 is 1.26 bits per heavy atom. The van der Waals surface area contributed by atoms with E-state index >= 15 is 0 Å². The Bertz CT molecular complexity index is 1020. The summed E-state index contributed by atoms with van der Waals surface area (Å²) in [7, 11) is 1.36. The third-order valence-corrected chi connectivity index (χ3v) is 4.65. The molecule has 1 aromatic carbocycles. The van der Waals surface area contributed by atoms with E-state index in [1.165, 1.54) is 7.11 Å². The van der Waals surface area contributed by atoms with Gasteiger partial charge in [0.1, 0.15) is 6.54 Å². The minimum atomic E-state index is -0.416. The van der Waals surface area contributed by atoms with Gasteiger partial charge in [0.15, 0.2) is 5.65 Å². The van der Waals surface area contributed by atoms with Crippen molar-refractivity contribution in [2.45, 2.75) is 32.2 Å². The zero-order chi connectivity index (χ0) is 19.0. The molecule has 7 heteroatoms. The first kappa shape index (κ1) is 17.2. The van der Waals surface area contributed by atoms with Crippen molar-refractivity contribution in [1.82, 2.24) is 14.8 Å². The SMILES string of the molecule is COC(=O)c1cc(C2CC2)nc2c1c(C)nn2CC(=O)Nc1ccccc1. The van der Waals surface area contributed by atoms with E-state index in [1.54, 1.807) is 17.7 Å². The summed E-state index contributed by atoms with van der Waals surface area (Å²) < 4.78 is 6.50. The predicted molar refractivity (Wildman–Crippen MR) is 101 cm³/mol. The molecule has 4 rings (SSSR count). The maximum absolute atomic E-state index is 12.4. The van der Waals surface area contributed by atoms with Crippen molar-refractivity contribution in [1.29, 1.82) is 0 Å². The number of ether oxygens (including phenoxy) is 1. The van der Waals surface area contributed by atoms with Gasteiger partial charge in [-0.1, -0.05) is 18.2 Å². The number of carbonyl (C=O) groups excluding carboxylic acids is 2. The maximum atomic E-state index is 12.4. The first-order valence-corrected chi connectivity index (χ1v) is 8.88. The summed E-state index contributed by atoms with van der Waals surface area (Å²) in [6.45, 7) is 1.82. The van der Waals surface area contributed by atoms with Crippen LogP contribution in [0.1, 0.15) is 40.5 Å². The topological polar surface area (TPSA) is 86.1 Å². The van der Waals surface area contributed by atoms with Crippen LogP contribution in [-0.2, 0) is 16.1 Å². The molecule has 1 fully saturated rings. The van der Waals surface area contributed by atoms with Crippen LogP contribution < -0.4 is 5.32 Å². The number of nitrogens with one attached hydrogen (secondary N) is 1. The number of rotatable bonds is 5. The number of pyridine rings is 1. The quantitative estimate of drug-likeness (QED) is 0.703. The standard InChI is InChI=1S/C20H20N4O3/c1-12-18-15(20(26)27-2)10-16(13-8-9-13)22-19(18)24(23-12)11-17(25)21-14-6-4-3-5-7-14/h3-7,10,13H,8-9,11H2,1-2H3,(H,21,25). The van der Waals surface area contributed by atoms with E-state index in [4.69, 9.17) is 9.72 Å². The normalized spacial score (nSPS) is 13.6. The second kappa shape index (κ2) is 6.83. The second-order valence-corrected chi connectivity index (χ2v) is 6.72. The summed E-state index contributed by atoms with van der Waals surface area (Å²) in [6, 6.07) is 11.0. The van der Waals surface area contributed by atoms with E-state index in [2.05, 4.69) is 10.4 Å². The number of benzene rings is 1. The van der Waals surface area contributed by atoms with E-state index < -0.39 is 5.97 Å². The zero-order valence-corrected chi connectivity index (χ0v) is 15.2. The number of para-hydroxylation sites is 1. The van der Waals surface area contributed by atoms with Crippen molar-refractivity contribution in [2.24, 2.45) is 0 Å². The van der Waals surface area contributed by atoms with Crippen LogP contribution in [0.5, 0.6) is 0 Å². The molecule has 27 heavy (non-hydrogen) atoms. The molecule has 0 atom stereocenters. The molecular formula is C20H20N4O3. The van der Waals surface area contributed by atoms with Gasteiger partial charge in [-0.2, -0.15) is 5.10 Å². The summed E-state index contributed by atoms with van der Waals surface area (Å²) in [5.74, 6) is -0.260. The number of fused-ring (bicyclic) bond motifs is 1. The molecule has 0 spiro atoms. The number of esters is 1. The fourth-order valence-corrected chi connectivity index (χ4v) is 3.20. The summed E-state index contributed by atoms with van der Waals surface area (Å²) in [4.78, 5) is 29.4. The van der Waals surface area contributed by atoms with Crippen LogP contribution in [0.2, 0.25) is 0 Å². The van der Waals surface area contributed by atoms with Gasteiger partial charge in [-0.25, -0.2) is 14.5 Å². The van der Waals surface area contributed by atoms with Crippen LogP contribution in [0.15, 0.2) is 36.4 Å². The van der Waals surface area contributed by atoms with Crippen LogP contribution in [0.4, 0.5) is 5.69 Å². The minimum Gasteiger partial charge on any atom is -0.465 e. The molecule has 1 N–H and O–H groups in total. The number of methoxy groups -OCH3 is 1.